The number of nitrogens with one attached hydrogen (secondary N) is 1. The lowest BCUT2D eigenvalue weighted by Crippen LogP contribution is -2.45. The van der Waals surface area contributed by atoms with Crippen LogP contribution < -0.4 is 5.32 Å². The Bertz CT molecular complexity index is 327. The maximum absolute atomic E-state index is 5.29. The third-order valence-electron chi connectivity index (χ3n) is 3.82. The minimum Gasteiger partial charge on any atom is -0.380 e. The van der Waals surface area contributed by atoms with Gasteiger partial charge in [0.05, 0.1) is 19.8 Å². The lowest BCUT2D eigenvalue weighted by molar-refractivity contribution is -0.0946. The molecule has 2 rings (SSSR count). The van der Waals surface area contributed by atoms with Crippen molar-refractivity contribution in [3.8, 4) is 0 Å². The first kappa shape index (κ1) is 17.0. The average molecular weight is 381 g/mol. The minimum absolute atomic E-state index is 0. The lowest BCUT2D eigenvalue weighted by atomic mass is 9.89. The van der Waals surface area contributed by atoms with Crippen molar-refractivity contribution >= 4 is 29.9 Å². The average Bonchev–Trinajstić information content (AvgIpc) is 2.62. The van der Waals surface area contributed by atoms with E-state index < -0.39 is 0 Å². The van der Waals surface area contributed by atoms with Gasteiger partial charge in [-0.25, -0.2) is 0 Å². The number of nitrogens with zero attached hydrogens (tertiary/aromatic N) is 2. The Morgan fingerprint density at radius 1 is 1.32 bits per heavy atom. The number of likely N-dealkylation sites (tertiary alicyclic amines) is 1. The van der Waals surface area contributed by atoms with E-state index in [1.165, 1.54) is 6.42 Å². The molecule has 2 aliphatic rings. The number of guanidine groups is 1. The van der Waals surface area contributed by atoms with E-state index in [4.69, 9.17) is 9.73 Å². The first-order chi connectivity index (χ1) is 8.44. The summed E-state index contributed by atoms with van der Waals surface area (Å²) in [5.74, 6) is 1.08. The van der Waals surface area contributed by atoms with Crippen LogP contribution in [0.25, 0.3) is 0 Å². The van der Waals surface area contributed by atoms with Gasteiger partial charge in [-0.2, -0.15) is 0 Å². The molecule has 0 aromatic heterocycles. The molecule has 0 spiro atoms. The highest BCUT2D eigenvalue weighted by molar-refractivity contribution is 14.0. The van der Waals surface area contributed by atoms with E-state index in [9.17, 15) is 0 Å². The third-order valence-corrected chi connectivity index (χ3v) is 3.82. The topological polar surface area (TPSA) is 36.9 Å². The highest BCUT2D eigenvalue weighted by Gasteiger charge is 2.34. The van der Waals surface area contributed by atoms with Crippen molar-refractivity contribution in [1.82, 2.24) is 10.2 Å². The molecule has 5 heteroatoms. The summed E-state index contributed by atoms with van der Waals surface area (Å²) >= 11 is 0. The summed E-state index contributed by atoms with van der Waals surface area (Å²) in [6, 6.07) is 0. The molecule has 1 N–H and O–H groups in total. The van der Waals surface area contributed by atoms with E-state index in [0.29, 0.717) is 5.41 Å². The summed E-state index contributed by atoms with van der Waals surface area (Å²) in [6.45, 7) is 14.8. The summed E-state index contributed by atoms with van der Waals surface area (Å²) in [5, 5.41) is 3.42. The Labute approximate surface area is 134 Å². The van der Waals surface area contributed by atoms with Gasteiger partial charge in [-0.3, -0.25) is 4.99 Å². The summed E-state index contributed by atoms with van der Waals surface area (Å²) in [6.07, 6.45) is 1.25. The number of halogens is 1. The van der Waals surface area contributed by atoms with Gasteiger partial charge in [0.15, 0.2) is 5.96 Å². The zero-order chi connectivity index (χ0) is 13.2. The minimum atomic E-state index is 0. The number of ether oxygens (including phenoxy) is 1. The smallest absolute Gasteiger partial charge is 0.193 e. The Balaban J connectivity index is 0.00000180. The van der Waals surface area contributed by atoms with Crippen LogP contribution in [0.2, 0.25) is 0 Å². The van der Waals surface area contributed by atoms with Gasteiger partial charge >= 0.3 is 0 Å². The Morgan fingerprint density at radius 2 is 2.00 bits per heavy atom. The van der Waals surface area contributed by atoms with Gasteiger partial charge in [0.1, 0.15) is 0 Å². The predicted octanol–water partition coefficient (Wildman–Crippen LogP) is 2.34. The molecular weight excluding hydrogens is 353 g/mol. The van der Waals surface area contributed by atoms with E-state index in [-0.39, 0.29) is 29.4 Å². The molecule has 112 valence electrons. The molecule has 0 saturated carbocycles. The zero-order valence-electron chi connectivity index (χ0n) is 12.7. The quantitative estimate of drug-likeness (QED) is 0.463. The molecule has 2 fully saturated rings. The Hall–Kier alpha value is -0.0400. The highest BCUT2D eigenvalue weighted by atomic mass is 127. The molecule has 0 aliphatic carbocycles. The second-order valence-electron chi connectivity index (χ2n) is 6.81. The van der Waals surface area contributed by atoms with Crippen molar-refractivity contribution in [2.24, 2.45) is 15.8 Å². The van der Waals surface area contributed by atoms with Crippen LogP contribution in [-0.2, 0) is 4.74 Å². The Kier molecular flexibility index (Phi) is 5.92. The Morgan fingerprint density at radius 3 is 2.42 bits per heavy atom. The van der Waals surface area contributed by atoms with E-state index in [2.05, 4.69) is 37.9 Å². The van der Waals surface area contributed by atoms with Gasteiger partial charge in [-0.15, -0.1) is 24.0 Å². The second-order valence-corrected chi connectivity index (χ2v) is 6.81. The molecule has 0 aromatic rings. The third kappa shape index (κ3) is 4.48. The first-order valence-electron chi connectivity index (χ1n) is 7.05. The SMILES string of the molecule is CCNC(=NCC1(C)COC1)N1CCC(C)(C)C1.I. The fourth-order valence-electron chi connectivity index (χ4n) is 2.53. The molecule has 19 heavy (non-hydrogen) atoms. The van der Waals surface area contributed by atoms with Crippen LogP contribution in [0.15, 0.2) is 4.99 Å². The summed E-state index contributed by atoms with van der Waals surface area (Å²) < 4.78 is 5.29. The molecule has 0 atom stereocenters. The van der Waals surface area contributed by atoms with Crippen LogP contribution in [0.4, 0.5) is 0 Å². The van der Waals surface area contributed by atoms with Crippen LogP contribution in [-0.4, -0.2) is 50.3 Å². The lowest BCUT2D eigenvalue weighted by Gasteiger charge is -2.37. The van der Waals surface area contributed by atoms with Gasteiger partial charge in [0, 0.05) is 25.0 Å². The molecule has 4 nitrogen and oxygen atoms in total. The molecule has 2 saturated heterocycles. The molecular formula is C14H28IN3O. The summed E-state index contributed by atoms with van der Waals surface area (Å²) in [7, 11) is 0. The van der Waals surface area contributed by atoms with Crippen molar-refractivity contribution in [1.29, 1.82) is 0 Å². The number of hydrogen-bond donors (Lipinski definition) is 1. The second kappa shape index (κ2) is 6.61. The van der Waals surface area contributed by atoms with Crippen molar-refractivity contribution in [3.05, 3.63) is 0 Å². The number of aliphatic imine (C=N–C) groups is 1. The van der Waals surface area contributed by atoms with Gasteiger partial charge in [0.25, 0.3) is 0 Å². The van der Waals surface area contributed by atoms with E-state index >= 15 is 0 Å². The number of rotatable bonds is 3. The summed E-state index contributed by atoms with van der Waals surface area (Å²) in [4.78, 5) is 7.20. The normalized spacial score (nSPS) is 24.6. The van der Waals surface area contributed by atoms with Gasteiger partial charge < -0.3 is 15.0 Å². The van der Waals surface area contributed by atoms with Crippen molar-refractivity contribution in [2.75, 3.05) is 39.4 Å². The maximum Gasteiger partial charge on any atom is 0.193 e. The van der Waals surface area contributed by atoms with Crippen molar-refractivity contribution in [2.45, 2.75) is 34.1 Å². The van der Waals surface area contributed by atoms with Crippen LogP contribution in [0.3, 0.4) is 0 Å². The molecule has 0 radical (unpaired) electrons. The monoisotopic (exact) mass is 381 g/mol. The van der Waals surface area contributed by atoms with E-state index in [1.807, 2.05) is 0 Å². The van der Waals surface area contributed by atoms with E-state index in [0.717, 1.165) is 45.4 Å². The zero-order valence-corrected chi connectivity index (χ0v) is 15.0. The molecule has 0 bridgehead atoms. The molecule has 2 heterocycles. The molecule has 0 amide bonds. The largest absolute Gasteiger partial charge is 0.380 e. The van der Waals surface area contributed by atoms with Crippen molar-refractivity contribution < 1.29 is 4.74 Å². The van der Waals surface area contributed by atoms with Crippen LogP contribution >= 0.6 is 24.0 Å². The van der Waals surface area contributed by atoms with Crippen molar-refractivity contribution in [3.63, 3.8) is 0 Å². The fraction of sp³-hybridized carbons (Fsp3) is 0.929. The fourth-order valence-corrected chi connectivity index (χ4v) is 2.53. The maximum atomic E-state index is 5.29. The predicted molar refractivity (Wildman–Crippen MR) is 90.3 cm³/mol. The molecule has 2 aliphatic heterocycles. The van der Waals surface area contributed by atoms with Crippen LogP contribution in [0, 0.1) is 10.8 Å². The molecule has 0 unspecified atom stereocenters. The molecule has 0 aromatic carbocycles. The van der Waals surface area contributed by atoms with Crippen LogP contribution in [0.1, 0.15) is 34.1 Å². The van der Waals surface area contributed by atoms with E-state index in [1.54, 1.807) is 0 Å². The van der Waals surface area contributed by atoms with Gasteiger partial charge in [-0.1, -0.05) is 20.8 Å². The van der Waals surface area contributed by atoms with Gasteiger partial charge in [-0.05, 0) is 18.8 Å². The summed E-state index contributed by atoms with van der Waals surface area (Å²) in [5.41, 5.74) is 0.676. The first-order valence-corrected chi connectivity index (χ1v) is 7.05. The standard InChI is InChI=1S/C14H27N3O.HI/c1-5-15-12(16-8-14(4)10-18-11-14)17-7-6-13(2,3)9-17;/h5-11H2,1-4H3,(H,15,16);1H. The van der Waals surface area contributed by atoms with Gasteiger partial charge in [0.2, 0.25) is 0 Å². The highest BCUT2D eigenvalue weighted by Crippen LogP contribution is 2.30. The van der Waals surface area contributed by atoms with Crippen LogP contribution in [0.5, 0.6) is 0 Å². The number of hydrogen-bond acceptors (Lipinski definition) is 2.